The lowest BCUT2D eigenvalue weighted by Crippen LogP contribution is -2.39. The highest BCUT2D eigenvalue weighted by atomic mass is 16.6. The van der Waals surface area contributed by atoms with Crippen LogP contribution in [0.25, 0.3) is 0 Å². The van der Waals surface area contributed by atoms with Gasteiger partial charge >= 0.3 is 5.97 Å². The third-order valence-corrected chi connectivity index (χ3v) is 2.41. The molecule has 0 aliphatic carbocycles. The van der Waals surface area contributed by atoms with Crippen LogP contribution in [0.1, 0.15) is 52.9 Å². The van der Waals surface area contributed by atoms with Gasteiger partial charge in [-0.05, 0) is 19.8 Å². The van der Waals surface area contributed by atoms with Crippen molar-refractivity contribution in [2.75, 3.05) is 0 Å². The summed E-state index contributed by atoms with van der Waals surface area (Å²) >= 11 is 0. The smallest absolute Gasteiger partial charge is 0.303 e. The highest BCUT2D eigenvalue weighted by Crippen LogP contribution is 2.22. The maximum Gasteiger partial charge on any atom is 0.303 e. The second-order valence-corrected chi connectivity index (χ2v) is 4.06. The van der Waals surface area contributed by atoms with Crippen molar-refractivity contribution in [1.29, 1.82) is 0 Å². The molecular formula is C12H20O4. The van der Waals surface area contributed by atoms with Gasteiger partial charge in [-0.3, -0.25) is 9.59 Å². The van der Waals surface area contributed by atoms with Crippen LogP contribution >= 0.6 is 0 Å². The standard InChI is InChI=1S/C12H20O4/c1-4-8-12(3,16-10(2)14)11(15)7-5-6-9-13/h9H,4-8H2,1-3H3. The highest BCUT2D eigenvalue weighted by Gasteiger charge is 2.34. The molecule has 0 heterocycles. The molecule has 0 bridgehead atoms. The summed E-state index contributed by atoms with van der Waals surface area (Å²) in [6.45, 7) is 4.87. The maximum absolute atomic E-state index is 11.9. The SMILES string of the molecule is CCCC(C)(OC(C)=O)C(=O)CCCC=O. The molecule has 0 saturated carbocycles. The molecule has 0 aliphatic heterocycles. The van der Waals surface area contributed by atoms with Crippen molar-refractivity contribution in [1.82, 2.24) is 0 Å². The van der Waals surface area contributed by atoms with Gasteiger partial charge in [0, 0.05) is 19.8 Å². The van der Waals surface area contributed by atoms with E-state index in [9.17, 15) is 14.4 Å². The summed E-state index contributed by atoms with van der Waals surface area (Å²) < 4.78 is 5.09. The van der Waals surface area contributed by atoms with Gasteiger partial charge in [0.2, 0.25) is 0 Å². The number of ketones is 1. The quantitative estimate of drug-likeness (QED) is 0.362. The van der Waals surface area contributed by atoms with Crippen molar-refractivity contribution >= 4 is 18.0 Å². The number of esters is 1. The molecule has 4 nitrogen and oxygen atoms in total. The molecule has 0 spiro atoms. The molecule has 0 radical (unpaired) electrons. The van der Waals surface area contributed by atoms with Crippen molar-refractivity contribution in [2.24, 2.45) is 0 Å². The summed E-state index contributed by atoms with van der Waals surface area (Å²) in [6.07, 6.45) is 3.24. The lowest BCUT2D eigenvalue weighted by Gasteiger charge is -2.27. The van der Waals surface area contributed by atoms with Crippen LogP contribution in [0.5, 0.6) is 0 Å². The highest BCUT2D eigenvalue weighted by molar-refractivity contribution is 5.89. The minimum atomic E-state index is -1.02. The Kier molecular flexibility index (Phi) is 6.61. The van der Waals surface area contributed by atoms with Crippen LogP contribution in [0, 0.1) is 0 Å². The van der Waals surface area contributed by atoms with Gasteiger partial charge in [0.15, 0.2) is 11.4 Å². The first-order valence-corrected chi connectivity index (χ1v) is 5.62. The third kappa shape index (κ3) is 5.05. The summed E-state index contributed by atoms with van der Waals surface area (Å²) in [4.78, 5) is 33.0. The number of hydrogen-bond donors (Lipinski definition) is 0. The molecule has 0 aromatic rings. The number of carbonyl (C=O) groups is 3. The van der Waals surface area contributed by atoms with Crippen LogP contribution in [0.15, 0.2) is 0 Å². The predicted octanol–water partition coefficient (Wildman–Crippen LogP) is 2.05. The van der Waals surface area contributed by atoms with Gasteiger partial charge in [-0.2, -0.15) is 0 Å². The molecule has 92 valence electrons. The van der Waals surface area contributed by atoms with Crippen LogP contribution < -0.4 is 0 Å². The molecule has 0 fully saturated rings. The molecule has 0 rings (SSSR count). The zero-order chi connectivity index (χ0) is 12.6. The number of aldehydes is 1. The Morgan fingerprint density at radius 2 is 2.00 bits per heavy atom. The van der Waals surface area contributed by atoms with Crippen molar-refractivity contribution in [2.45, 2.75) is 58.5 Å². The molecule has 0 amide bonds. The average Bonchev–Trinajstić information content (AvgIpc) is 2.17. The Morgan fingerprint density at radius 1 is 1.38 bits per heavy atom. The van der Waals surface area contributed by atoms with Gasteiger partial charge in [-0.1, -0.05) is 13.3 Å². The van der Waals surface area contributed by atoms with Crippen molar-refractivity contribution < 1.29 is 19.1 Å². The fourth-order valence-electron chi connectivity index (χ4n) is 1.65. The molecule has 0 N–H and O–H groups in total. The van der Waals surface area contributed by atoms with Gasteiger partial charge in [-0.15, -0.1) is 0 Å². The molecular weight excluding hydrogens is 208 g/mol. The van der Waals surface area contributed by atoms with Crippen molar-refractivity contribution in [3.8, 4) is 0 Å². The molecule has 0 aromatic carbocycles. The van der Waals surface area contributed by atoms with E-state index in [1.54, 1.807) is 6.92 Å². The summed E-state index contributed by atoms with van der Waals surface area (Å²) in [5.41, 5.74) is -1.02. The Labute approximate surface area is 96.4 Å². The minimum absolute atomic E-state index is 0.105. The Bertz CT molecular complexity index is 260. The maximum atomic E-state index is 11.9. The number of rotatable bonds is 8. The van der Waals surface area contributed by atoms with Gasteiger partial charge in [-0.25, -0.2) is 0 Å². The average molecular weight is 228 g/mol. The molecule has 16 heavy (non-hydrogen) atoms. The lowest BCUT2D eigenvalue weighted by atomic mass is 9.91. The largest absolute Gasteiger partial charge is 0.452 e. The fraction of sp³-hybridized carbons (Fsp3) is 0.750. The summed E-state index contributed by atoms with van der Waals surface area (Å²) in [5, 5.41) is 0. The van der Waals surface area contributed by atoms with Crippen molar-refractivity contribution in [3.63, 3.8) is 0 Å². The fourth-order valence-corrected chi connectivity index (χ4v) is 1.65. The molecule has 1 unspecified atom stereocenters. The second-order valence-electron chi connectivity index (χ2n) is 4.06. The van der Waals surface area contributed by atoms with Crippen LogP contribution in [-0.2, 0) is 19.1 Å². The normalized spacial score (nSPS) is 13.9. The van der Waals surface area contributed by atoms with E-state index in [1.165, 1.54) is 6.92 Å². The monoisotopic (exact) mass is 228 g/mol. The molecule has 0 aliphatic rings. The molecule has 4 heteroatoms. The Morgan fingerprint density at radius 3 is 2.44 bits per heavy atom. The second kappa shape index (κ2) is 7.14. The zero-order valence-corrected chi connectivity index (χ0v) is 10.2. The molecule has 0 saturated heterocycles. The number of ether oxygens (including phenoxy) is 1. The predicted molar refractivity (Wildman–Crippen MR) is 60.0 cm³/mol. The van der Waals surface area contributed by atoms with E-state index >= 15 is 0 Å². The van der Waals surface area contributed by atoms with E-state index < -0.39 is 11.6 Å². The van der Waals surface area contributed by atoms with E-state index in [0.717, 1.165) is 12.7 Å². The van der Waals surface area contributed by atoms with E-state index in [-0.39, 0.29) is 12.2 Å². The van der Waals surface area contributed by atoms with Crippen molar-refractivity contribution in [3.05, 3.63) is 0 Å². The van der Waals surface area contributed by atoms with E-state index in [2.05, 4.69) is 0 Å². The zero-order valence-electron chi connectivity index (χ0n) is 10.2. The van der Waals surface area contributed by atoms with Crippen LogP contribution in [0.4, 0.5) is 0 Å². The first-order valence-electron chi connectivity index (χ1n) is 5.62. The molecule has 1 atom stereocenters. The third-order valence-electron chi connectivity index (χ3n) is 2.41. The lowest BCUT2D eigenvalue weighted by molar-refractivity contribution is -0.164. The Balaban J connectivity index is 4.43. The summed E-state index contributed by atoms with van der Waals surface area (Å²) in [6, 6.07) is 0. The summed E-state index contributed by atoms with van der Waals surface area (Å²) in [5.74, 6) is -0.550. The van der Waals surface area contributed by atoms with E-state index in [4.69, 9.17) is 4.74 Å². The van der Waals surface area contributed by atoms with Gasteiger partial charge in [0.1, 0.15) is 6.29 Å². The van der Waals surface area contributed by atoms with Gasteiger partial charge in [0.25, 0.3) is 0 Å². The number of carbonyl (C=O) groups excluding carboxylic acids is 3. The van der Waals surface area contributed by atoms with Gasteiger partial charge < -0.3 is 9.53 Å². The van der Waals surface area contributed by atoms with Crippen LogP contribution in [0.2, 0.25) is 0 Å². The first-order chi connectivity index (χ1) is 7.46. The minimum Gasteiger partial charge on any atom is -0.452 e. The van der Waals surface area contributed by atoms with Crippen LogP contribution in [-0.4, -0.2) is 23.6 Å². The Hall–Kier alpha value is -1.19. The molecule has 0 aromatic heterocycles. The number of hydrogen-bond acceptors (Lipinski definition) is 4. The van der Waals surface area contributed by atoms with E-state index in [1.807, 2.05) is 6.92 Å². The number of unbranched alkanes of at least 4 members (excludes halogenated alkanes) is 1. The number of Topliss-reactive ketones (excluding diaryl/α,β-unsaturated/α-hetero) is 1. The summed E-state index contributed by atoms with van der Waals surface area (Å²) in [7, 11) is 0. The topological polar surface area (TPSA) is 60.4 Å². The first kappa shape index (κ1) is 14.8. The van der Waals surface area contributed by atoms with Gasteiger partial charge in [0.05, 0.1) is 0 Å². The van der Waals surface area contributed by atoms with E-state index in [0.29, 0.717) is 19.3 Å². The van der Waals surface area contributed by atoms with Crippen LogP contribution in [0.3, 0.4) is 0 Å².